The van der Waals surface area contributed by atoms with Gasteiger partial charge in [-0.05, 0) is 104 Å². The Kier molecular flexibility index (Phi) is 15.4. The molecule has 250 valence electrons. The summed E-state index contributed by atoms with van der Waals surface area (Å²) in [6, 6.07) is 4.93. The molecule has 3 rings (SSSR count). The van der Waals surface area contributed by atoms with Gasteiger partial charge in [0.2, 0.25) is 5.91 Å². The molecule has 1 aromatic rings. The van der Waals surface area contributed by atoms with Crippen LogP contribution in [0.15, 0.2) is 18.2 Å². The molecule has 0 radical (unpaired) electrons. The summed E-state index contributed by atoms with van der Waals surface area (Å²) in [4.78, 5) is 33.2. The molecule has 9 nitrogen and oxygen atoms in total. The van der Waals surface area contributed by atoms with Crippen LogP contribution >= 0.6 is 0 Å². The lowest BCUT2D eigenvalue weighted by atomic mass is 9.89. The molecule has 1 fully saturated rings. The van der Waals surface area contributed by atoms with Crippen LogP contribution in [0.3, 0.4) is 0 Å². The van der Waals surface area contributed by atoms with Crippen LogP contribution in [0.25, 0.3) is 0 Å². The Bertz CT molecular complexity index is 1010. The number of carbonyl (C=O) groups excluding carboxylic acids is 2. The molecule has 0 bridgehead atoms. The van der Waals surface area contributed by atoms with E-state index < -0.39 is 6.04 Å². The fraction of sp³-hybridized carbons (Fsp3) is 0.771. The van der Waals surface area contributed by atoms with Crippen LogP contribution < -0.4 is 10.1 Å². The molecule has 1 heterocycles. The van der Waals surface area contributed by atoms with Crippen LogP contribution in [0.1, 0.15) is 95.3 Å². The molecule has 0 unspecified atom stereocenters. The van der Waals surface area contributed by atoms with Crippen molar-refractivity contribution in [1.82, 2.24) is 14.7 Å². The maximum absolute atomic E-state index is 14.3. The lowest BCUT2D eigenvalue weighted by Crippen LogP contribution is -2.47. The molecule has 0 saturated heterocycles. The first kappa shape index (κ1) is 36.3. The zero-order valence-corrected chi connectivity index (χ0v) is 28.4. The van der Waals surface area contributed by atoms with Crippen LogP contribution in [0.4, 0.5) is 5.69 Å². The number of nitrogens with zero attached hydrogens (tertiary/aromatic N) is 3. The van der Waals surface area contributed by atoms with Gasteiger partial charge in [-0.1, -0.05) is 26.2 Å². The highest BCUT2D eigenvalue weighted by Gasteiger charge is 2.31. The van der Waals surface area contributed by atoms with Crippen molar-refractivity contribution in [3.8, 4) is 5.75 Å². The molecule has 1 aliphatic carbocycles. The van der Waals surface area contributed by atoms with E-state index in [1.165, 1.54) is 32.1 Å². The van der Waals surface area contributed by atoms with Gasteiger partial charge < -0.3 is 34.6 Å². The lowest BCUT2D eigenvalue weighted by molar-refractivity contribution is -0.116. The quantitative estimate of drug-likeness (QED) is 0.350. The van der Waals surface area contributed by atoms with Gasteiger partial charge in [-0.2, -0.15) is 0 Å². The number of benzene rings is 1. The largest absolute Gasteiger partial charge is 0.490 e. The molecule has 4 atom stereocenters. The van der Waals surface area contributed by atoms with Gasteiger partial charge >= 0.3 is 0 Å². The molecule has 1 aliphatic heterocycles. The number of aliphatic hydroxyl groups is 1. The number of amides is 2. The van der Waals surface area contributed by atoms with E-state index in [2.05, 4.69) is 29.1 Å². The maximum Gasteiger partial charge on any atom is 0.258 e. The third kappa shape index (κ3) is 12.0. The Hall–Kier alpha value is -2.20. The smallest absolute Gasteiger partial charge is 0.258 e. The maximum atomic E-state index is 14.3. The number of rotatable bonds is 11. The number of likely N-dealkylation sites (N-methyl/N-ethyl adjacent to an activating group) is 1. The highest BCUT2D eigenvalue weighted by Crippen LogP contribution is 2.29. The zero-order chi connectivity index (χ0) is 32.1. The van der Waals surface area contributed by atoms with Crippen LogP contribution in [0.2, 0.25) is 0 Å². The summed E-state index contributed by atoms with van der Waals surface area (Å²) < 4.78 is 12.9. The van der Waals surface area contributed by atoms with Crippen molar-refractivity contribution in [3.63, 3.8) is 0 Å². The average Bonchev–Trinajstić information content (AvgIpc) is 2.98. The van der Waals surface area contributed by atoms with Crippen LogP contribution in [0.5, 0.6) is 5.75 Å². The Morgan fingerprint density at radius 3 is 2.50 bits per heavy atom. The van der Waals surface area contributed by atoms with Crippen molar-refractivity contribution in [2.45, 2.75) is 103 Å². The summed E-state index contributed by atoms with van der Waals surface area (Å²) in [6.45, 7) is 9.74. The zero-order valence-electron chi connectivity index (χ0n) is 28.4. The number of hydrogen-bond acceptors (Lipinski definition) is 7. The van der Waals surface area contributed by atoms with Crippen LogP contribution in [0, 0.1) is 11.8 Å². The molecular formula is C35H60N4O5. The van der Waals surface area contributed by atoms with Gasteiger partial charge in [0.25, 0.3) is 5.91 Å². The van der Waals surface area contributed by atoms with Gasteiger partial charge in [0.1, 0.15) is 5.75 Å². The van der Waals surface area contributed by atoms with Gasteiger partial charge in [-0.25, -0.2) is 0 Å². The molecule has 1 saturated carbocycles. The fourth-order valence-electron chi connectivity index (χ4n) is 6.43. The highest BCUT2D eigenvalue weighted by atomic mass is 16.5. The molecule has 2 N–H and O–H groups in total. The second kappa shape index (κ2) is 18.7. The third-order valence-corrected chi connectivity index (χ3v) is 9.13. The SMILES string of the molecule is C[C@@H]1CN([C@H](C)CO)C(=O)c2cc(NC(=O)CCCN(C)C)ccc2O[C@@H](C)CCCCO[C@@H]1CN(C)CC1CCCCC1. The Balaban J connectivity index is 1.84. The molecule has 2 amide bonds. The van der Waals surface area contributed by atoms with Crippen molar-refractivity contribution in [2.75, 3.05) is 65.9 Å². The second-order valence-electron chi connectivity index (χ2n) is 13.7. The Morgan fingerprint density at radius 1 is 1.07 bits per heavy atom. The number of aliphatic hydroxyl groups excluding tert-OH is 1. The standard InChI is InChI=1S/C35H60N4O5/c1-26-22-39(27(2)25-40)35(42)31-21-30(36-34(41)16-12-19-37(4)5)17-18-32(31)44-28(3)13-10-11-20-43-33(26)24-38(6)23-29-14-8-7-9-15-29/h17-18,21,26-29,33,40H,7-16,19-20,22-25H2,1-6H3,(H,36,41)/t26-,27-,28+,33-/m1/s1. The predicted molar refractivity (Wildman–Crippen MR) is 177 cm³/mol. The van der Waals surface area contributed by atoms with Crippen molar-refractivity contribution in [3.05, 3.63) is 23.8 Å². The number of carbonyl (C=O) groups is 2. The summed E-state index contributed by atoms with van der Waals surface area (Å²) in [6.07, 6.45) is 10.4. The highest BCUT2D eigenvalue weighted by molar-refractivity contribution is 5.99. The van der Waals surface area contributed by atoms with E-state index in [1.807, 2.05) is 27.9 Å². The van der Waals surface area contributed by atoms with Crippen molar-refractivity contribution < 1.29 is 24.2 Å². The van der Waals surface area contributed by atoms with Crippen molar-refractivity contribution in [1.29, 1.82) is 0 Å². The molecule has 44 heavy (non-hydrogen) atoms. The van der Waals surface area contributed by atoms with E-state index in [-0.39, 0.29) is 36.5 Å². The molecule has 2 aliphatic rings. The van der Waals surface area contributed by atoms with Crippen LogP contribution in [-0.4, -0.2) is 110 Å². The number of nitrogens with one attached hydrogen (secondary N) is 1. The monoisotopic (exact) mass is 616 g/mol. The summed E-state index contributed by atoms with van der Waals surface area (Å²) in [5.74, 6) is 1.01. The number of anilines is 1. The lowest BCUT2D eigenvalue weighted by Gasteiger charge is -2.36. The number of fused-ring (bicyclic) bond motifs is 1. The minimum Gasteiger partial charge on any atom is -0.490 e. The van der Waals surface area contributed by atoms with E-state index >= 15 is 0 Å². The first-order chi connectivity index (χ1) is 21.1. The number of ether oxygens (including phenoxy) is 2. The van der Waals surface area contributed by atoms with E-state index in [0.717, 1.165) is 51.2 Å². The van der Waals surface area contributed by atoms with Crippen molar-refractivity contribution >= 4 is 17.5 Å². The van der Waals surface area contributed by atoms with Gasteiger partial charge in [0, 0.05) is 44.3 Å². The average molecular weight is 617 g/mol. The van der Waals surface area contributed by atoms with Gasteiger partial charge in [-0.3, -0.25) is 9.59 Å². The minimum absolute atomic E-state index is 0.0337. The molecule has 1 aromatic carbocycles. The van der Waals surface area contributed by atoms with Gasteiger partial charge in [0.05, 0.1) is 30.4 Å². The topological polar surface area (TPSA) is 94.6 Å². The molecule has 0 spiro atoms. The van der Waals surface area contributed by atoms with E-state index in [9.17, 15) is 14.7 Å². The number of hydrogen-bond donors (Lipinski definition) is 2. The fourth-order valence-corrected chi connectivity index (χ4v) is 6.43. The van der Waals surface area contributed by atoms with E-state index in [1.54, 1.807) is 23.1 Å². The Morgan fingerprint density at radius 2 is 1.80 bits per heavy atom. The summed E-state index contributed by atoms with van der Waals surface area (Å²) >= 11 is 0. The van der Waals surface area contributed by atoms with Gasteiger partial charge in [0.15, 0.2) is 0 Å². The molecule has 0 aromatic heterocycles. The first-order valence-corrected chi connectivity index (χ1v) is 17.0. The van der Waals surface area contributed by atoms with E-state index in [4.69, 9.17) is 9.47 Å². The Labute approximate surface area is 266 Å². The molecule has 9 heteroatoms. The second-order valence-corrected chi connectivity index (χ2v) is 13.7. The van der Waals surface area contributed by atoms with Gasteiger partial charge in [-0.15, -0.1) is 0 Å². The summed E-state index contributed by atoms with van der Waals surface area (Å²) in [5.41, 5.74) is 0.971. The molecular weight excluding hydrogens is 556 g/mol. The summed E-state index contributed by atoms with van der Waals surface area (Å²) in [7, 11) is 6.17. The van der Waals surface area contributed by atoms with Crippen LogP contribution in [-0.2, 0) is 9.53 Å². The van der Waals surface area contributed by atoms with Crippen molar-refractivity contribution in [2.24, 2.45) is 11.8 Å². The third-order valence-electron chi connectivity index (χ3n) is 9.13. The first-order valence-electron chi connectivity index (χ1n) is 17.0. The normalized spacial score (nSPS) is 23.6. The minimum atomic E-state index is -0.395. The summed E-state index contributed by atoms with van der Waals surface area (Å²) in [5, 5.41) is 13.2. The van der Waals surface area contributed by atoms with E-state index in [0.29, 0.717) is 36.6 Å². The predicted octanol–water partition coefficient (Wildman–Crippen LogP) is 5.27.